The Morgan fingerprint density at radius 3 is 2.29 bits per heavy atom. The van der Waals surface area contributed by atoms with Crippen molar-refractivity contribution in [2.45, 2.75) is 50.6 Å². The lowest BCUT2D eigenvalue weighted by Crippen LogP contribution is -2.52. The number of nitrogens with one attached hydrogen (secondary N) is 1. The van der Waals surface area contributed by atoms with Gasteiger partial charge in [-0.1, -0.05) is 12.8 Å². The summed E-state index contributed by atoms with van der Waals surface area (Å²) >= 11 is 0. The van der Waals surface area contributed by atoms with Crippen molar-refractivity contribution in [1.29, 1.82) is 0 Å². The van der Waals surface area contributed by atoms with Gasteiger partial charge in [-0.25, -0.2) is 0 Å². The third-order valence-electron chi connectivity index (χ3n) is 4.89. The van der Waals surface area contributed by atoms with Gasteiger partial charge in [0.05, 0.1) is 0 Å². The predicted octanol–water partition coefficient (Wildman–Crippen LogP) is 1.30. The molecule has 2 aliphatic heterocycles. The molecule has 3 nitrogen and oxygen atoms in total. The fourth-order valence-corrected chi connectivity index (χ4v) is 3.80. The zero-order valence-corrected chi connectivity index (χ0v) is 11.0. The van der Waals surface area contributed by atoms with Crippen molar-refractivity contribution < 1.29 is 0 Å². The first kappa shape index (κ1) is 11.9. The highest BCUT2D eigenvalue weighted by Crippen LogP contribution is 2.24. The summed E-state index contributed by atoms with van der Waals surface area (Å²) < 4.78 is 0. The third-order valence-corrected chi connectivity index (χ3v) is 4.89. The summed E-state index contributed by atoms with van der Waals surface area (Å²) in [6, 6.07) is 1.72. The second-order valence-corrected chi connectivity index (χ2v) is 6.07. The Hall–Kier alpha value is -0.120. The van der Waals surface area contributed by atoms with Gasteiger partial charge in [0.2, 0.25) is 0 Å². The summed E-state index contributed by atoms with van der Waals surface area (Å²) in [5, 5.41) is 3.61. The van der Waals surface area contributed by atoms with Crippen molar-refractivity contribution in [2.75, 3.05) is 39.3 Å². The molecule has 0 aromatic carbocycles. The Morgan fingerprint density at radius 2 is 1.65 bits per heavy atom. The molecule has 3 aliphatic rings. The SMILES string of the molecule is C1CNC(CN2CCN(C3CCCC3)CC2)C1. The van der Waals surface area contributed by atoms with Gasteiger partial charge in [-0.2, -0.15) is 0 Å². The second-order valence-electron chi connectivity index (χ2n) is 6.07. The van der Waals surface area contributed by atoms with Gasteiger partial charge >= 0.3 is 0 Å². The third kappa shape index (κ3) is 3.01. The number of hydrogen-bond acceptors (Lipinski definition) is 3. The molecule has 2 saturated heterocycles. The van der Waals surface area contributed by atoms with Gasteiger partial charge in [0.15, 0.2) is 0 Å². The van der Waals surface area contributed by atoms with Crippen LogP contribution in [0.15, 0.2) is 0 Å². The summed E-state index contributed by atoms with van der Waals surface area (Å²) in [5.41, 5.74) is 0. The molecule has 1 N–H and O–H groups in total. The first-order valence-electron chi connectivity index (χ1n) is 7.61. The molecule has 1 aliphatic carbocycles. The lowest BCUT2D eigenvalue weighted by molar-refractivity contribution is 0.0928. The smallest absolute Gasteiger partial charge is 0.0195 e. The van der Waals surface area contributed by atoms with E-state index >= 15 is 0 Å². The van der Waals surface area contributed by atoms with Crippen LogP contribution in [0, 0.1) is 0 Å². The van der Waals surface area contributed by atoms with Crippen molar-refractivity contribution in [3.63, 3.8) is 0 Å². The van der Waals surface area contributed by atoms with Crippen LogP contribution in [0.5, 0.6) is 0 Å². The Morgan fingerprint density at radius 1 is 0.882 bits per heavy atom. The van der Waals surface area contributed by atoms with Crippen molar-refractivity contribution in [2.24, 2.45) is 0 Å². The van der Waals surface area contributed by atoms with Crippen molar-refractivity contribution in [3.05, 3.63) is 0 Å². The maximum absolute atomic E-state index is 3.61. The standard InChI is InChI=1S/C14H27N3/c1-2-6-14(5-1)17-10-8-16(9-11-17)12-13-4-3-7-15-13/h13-15H,1-12H2. The Balaban J connectivity index is 1.40. The van der Waals surface area contributed by atoms with Crippen LogP contribution in [0.4, 0.5) is 0 Å². The van der Waals surface area contributed by atoms with Crippen LogP contribution in [0.25, 0.3) is 0 Å². The predicted molar refractivity (Wildman–Crippen MR) is 71.3 cm³/mol. The monoisotopic (exact) mass is 237 g/mol. The molecule has 1 unspecified atom stereocenters. The maximum Gasteiger partial charge on any atom is 0.0195 e. The normalized spacial score (nSPS) is 33.5. The first-order chi connectivity index (χ1) is 8.42. The van der Waals surface area contributed by atoms with Gasteiger partial charge < -0.3 is 5.32 Å². The molecule has 0 spiro atoms. The number of hydrogen-bond donors (Lipinski definition) is 1. The van der Waals surface area contributed by atoms with E-state index in [1.807, 2.05) is 0 Å². The fraction of sp³-hybridized carbons (Fsp3) is 1.00. The summed E-state index contributed by atoms with van der Waals surface area (Å²) in [7, 11) is 0. The lowest BCUT2D eigenvalue weighted by Gasteiger charge is -2.38. The van der Waals surface area contributed by atoms with E-state index < -0.39 is 0 Å². The van der Waals surface area contributed by atoms with Gasteiger partial charge in [-0.15, -0.1) is 0 Å². The second kappa shape index (κ2) is 5.68. The highest BCUT2D eigenvalue weighted by Gasteiger charge is 2.27. The maximum atomic E-state index is 3.61. The van der Waals surface area contributed by atoms with Crippen molar-refractivity contribution >= 4 is 0 Å². The molecule has 0 bridgehead atoms. The molecule has 98 valence electrons. The highest BCUT2D eigenvalue weighted by atomic mass is 15.3. The zero-order valence-electron chi connectivity index (χ0n) is 11.0. The van der Waals surface area contributed by atoms with E-state index in [-0.39, 0.29) is 0 Å². The van der Waals surface area contributed by atoms with Gasteiger partial charge in [0.25, 0.3) is 0 Å². The van der Waals surface area contributed by atoms with E-state index in [0.29, 0.717) is 0 Å². The quantitative estimate of drug-likeness (QED) is 0.798. The molecule has 1 atom stereocenters. The molecule has 17 heavy (non-hydrogen) atoms. The van der Waals surface area contributed by atoms with Crippen molar-refractivity contribution in [3.8, 4) is 0 Å². The molecule has 3 rings (SSSR count). The molecule has 0 radical (unpaired) electrons. The summed E-state index contributed by atoms with van der Waals surface area (Å²) in [5.74, 6) is 0. The Bertz CT molecular complexity index is 224. The van der Waals surface area contributed by atoms with E-state index in [1.165, 1.54) is 77.8 Å². The molecular formula is C14H27N3. The van der Waals surface area contributed by atoms with E-state index in [0.717, 1.165) is 12.1 Å². The van der Waals surface area contributed by atoms with Crippen LogP contribution in [0.2, 0.25) is 0 Å². The van der Waals surface area contributed by atoms with Crippen LogP contribution in [-0.2, 0) is 0 Å². The fourth-order valence-electron chi connectivity index (χ4n) is 3.80. The summed E-state index contributed by atoms with van der Waals surface area (Å²) in [6.45, 7) is 7.77. The van der Waals surface area contributed by atoms with Crippen LogP contribution in [0.3, 0.4) is 0 Å². The average molecular weight is 237 g/mol. The molecule has 0 aromatic rings. The zero-order chi connectivity index (χ0) is 11.5. The minimum atomic E-state index is 0.785. The molecule has 3 heteroatoms. The van der Waals surface area contributed by atoms with E-state index in [9.17, 15) is 0 Å². The molecule has 0 amide bonds. The van der Waals surface area contributed by atoms with Gasteiger partial charge in [-0.05, 0) is 32.2 Å². The molecule has 2 heterocycles. The van der Waals surface area contributed by atoms with Crippen LogP contribution in [0.1, 0.15) is 38.5 Å². The Kier molecular flexibility index (Phi) is 3.99. The topological polar surface area (TPSA) is 18.5 Å². The van der Waals surface area contributed by atoms with Crippen LogP contribution >= 0.6 is 0 Å². The minimum absolute atomic E-state index is 0.785. The summed E-state index contributed by atoms with van der Waals surface area (Å²) in [6.07, 6.45) is 8.64. The van der Waals surface area contributed by atoms with E-state index in [2.05, 4.69) is 15.1 Å². The molecule has 0 aromatic heterocycles. The van der Waals surface area contributed by atoms with Gasteiger partial charge in [-0.3, -0.25) is 9.80 Å². The largest absolute Gasteiger partial charge is 0.313 e. The number of rotatable bonds is 3. The van der Waals surface area contributed by atoms with E-state index in [4.69, 9.17) is 0 Å². The van der Waals surface area contributed by atoms with Gasteiger partial charge in [0, 0.05) is 44.8 Å². The van der Waals surface area contributed by atoms with Crippen LogP contribution in [-0.4, -0.2) is 61.2 Å². The minimum Gasteiger partial charge on any atom is -0.313 e. The van der Waals surface area contributed by atoms with Crippen molar-refractivity contribution in [1.82, 2.24) is 15.1 Å². The highest BCUT2D eigenvalue weighted by molar-refractivity contribution is 4.84. The first-order valence-corrected chi connectivity index (χ1v) is 7.61. The number of piperazine rings is 1. The molecule has 3 fully saturated rings. The average Bonchev–Trinajstić information content (AvgIpc) is 3.01. The molecular weight excluding hydrogens is 210 g/mol. The Labute approximate surface area is 106 Å². The van der Waals surface area contributed by atoms with Crippen LogP contribution < -0.4 is 5.32 Å². The summed E-state index contributed by atoms with van der Waals surface area (Å²) in [4.78, 5) is 5.43. The number of nitrogens with zero attached hydrogens (tertiary/aromatic N) is 2. The van der Waals surface area contributed by atoms with Gasteiger partial charge in [0.1, 0.15) is 0 Å². The lowest BCUT2D eigenvalue weighted by atomic mass is 10.1. The molecule has 1 saturated carbocycles. The van der Waals surface area contributed by atoms with E-state index in [1.54, 1.807) is 0 Å².